The molecule has 1 aromatic carbocycles. The molecule has 0 saturated carbocycles. The van der Waals surface area contributed by atoms with Crippen LogP contribution in [0.25, 0.3) is 0 Å². The number of piperazine rings is 1. The summed E-state index contributed by atoms with van der Waals surface area (Å²) in [5.74, 6) is 0.640. The molecule has 6 heteroatoms. The second-order valence-corrected chi connectivity index (χ2v) is 6.40. The van der Waals surface area contributed by atoms with Crippen molar-refractivity contribution in [2.45, 2.75) is 24.9 Å². The first kappa shape index (κ1) is 16.8. The van der Waals surface area contributed by atoms with E-state index in [0.717, 1.165) is 11.3 Å². The first-order chi connectivity index (χ1) is 10.6. The highest BCUT2D eigenvalue weighted by atomic mass is 32.2. The van der Waals surface area contributed by atoms with Crippen LogP contribution in [0, 0.1) is 0 Å². The van der Waals surface area contributed by atoms with Crippen LogP contribution >= 0.6 is 11.8 Å². The summed E-state index contributed by atoms with van der Waals surface area (Å²) >= 11 is 1.67. The quantitative estimate of drug-likeness (QED) is 0.806. The molecule has 1 aliphatic rings. The molecular formula is C16H23N3O2S. The zero-order valence-corrected chi connectivity index (χ0v) is 13.6. The largest absolute Gasteiger partial charge is 0.353 e. The Hall–Kier alpha value is -1.53. The van der Waals surface area contributed by atoms with Crippen LogP contribution in [0.4, 0.5) is 0 Å². The molecule has 3 N–H and O–H groups in total. The number of thioether (sulfide) groups is 1. The van der Waals surface area contributed by atoms with Crippen molar-refractivity contribution in [3.63, 3.8) is 0 Å². The van der Waals surface area contributed by atoms with Gasteiger partial charge in [-0.05, 0) is 30.4 Å². The van der Waals surface area contributed by atoms with Gasteiger partial charge < -0.3 is 16.0 Å². The fourth-order valence-corrected chi connectivity index (χ4v) is 3.12. The lowest BCUT2D eigenvalue weighted by Crippen LogP contribution is -2.60. The van der Waals surface area contributed by atoms with Gasteiger partial charge in [0.05, 0.1) is 6.04 Å². The average molecular weight is 321 g/mol. The molecule has 1 aromatic rings. The fourth-order valence-electron chi connectivity index (χ4n) is 2.66. The van der Waals surface area contributed by atoms with Gasteiger partial charge in [0.2, 0.25) is 11.8 Å². The van der Waals surface area contributed by atoms with Crippen LogP contribution in [0.5, 0.6) is 0 Å². The Morgan fingerprint density at radius 3 is 2.86 bits per heavy atom. The molecule has 22 heavy (non-hydrogen) atoms. The fraction of sp³-hybridized carbons (Fsp3) is 0.500. The summed E-state index contributed by atoms with van der Waals surface area (Å²) in [6, 6.07) is 8.72. The predicted molar refractivity (Wildman–Crippen MR) is 89.6 cm³/mol. The van der Waals surface area contributed by atoms with E-state index in [9.17, 15) is 9.59 Å². The van der Waals surface area contributed by atoms with Crippen molar-refractivity contribution in [2.75, 3.05) is 25.1 Å². The van der Waals surface area contributed by atoms with E-state index in [1.54, 1.807) is 16.7 Å². The monoisotopic (exact) mass is 321 g/mol. The van der Waals surface area contributed by atoms with Crippen molar-refractivity contribution in [1.82, 2.24) is 10.2 Å². The van der Waals surface area contributed by atoms with Crippen molar-refractivity contribution < 1.29 is 9.59 Å². The Bertz CT molecular complexity index is 509. The average Bonchev–Trinajstić information content (AvgIpc) is 2.53. The van der Waals surface area contributed by atoms with Crippen molar-refractivity contribution >= 4 is 23.6 Å². The number of nitrogens with two attached hydrogens (primary N) is 1. The van der Waals surface area contributed by atoms with E-state index >= 15 is 0 Å². The Morgan fingerprint density at radius 1 is 1.45 bits per heavy atom. The van der Waals surface area contributed by atoms with E-state index in [1.165, 1.54) is 0 Å². The summed E-state index contributed by atoms with van der Waals surface area (Å²) in [5, 5.41) is 2.83. The highest BCUT2D eigenvalue weighted by Crippen LogP contribution is 2.14. The molecule has 0 bridgehead atoms. The van der Waals surface area contributed by atoms with Gasteiger partial charge in [-0.2, -0.15) is 11.8 Å². The number of carbonyl (C=O) groups is 2. The number of hydrogen-bond donors (Lipinski definition) is 2. The predicted octanol–water partition coefficient (Wildman–Crippen LogP) is 0.637. The Balaban J connectivity index is 2.03. The van der Waals surface area contributed by atoms with Gasteiger partial charge in [-0.25, -0.2) is 0 Å². The van der Waals surface area contributed by atoms with Crippen LogP contribution in [-0.2, 0) is 16.0 Å². The van der Waals surface area contributed by atoms with Crippen LogP contribution < -0.4 is 11.1 Å². The van der Waals surface area contributed by atoms with E-state index in [2.05, 4.69) is 5.32 Å². The van der Waals surface area contributed by atoms with E-state index in [4.69, 9.17) is 5.73 Å². The van der Waals surface area contributed by atoms with Crippen molar-refractivity contribution in [2.24, 2.45) is 5.73 Å². The lowest BCUT2D eigenvalue weighted by atomic mass is 10.0. The minimum absolute atomic E-state index is 0.0689. The zero-order valence-electron chi connectivity index (χ0n) is 12.8. The molecule has 120 valence electrons. The van der Waals surface area contributed by atoms with Gasteiger partial charge in [0, 0.05) is 13.1 Å². The van der Waals surface area contributed by atoms with E-state index in [0.29, 0.717) is 25.9 Å². The highest BCUT2D eigenvalue weighted by molar-refractivity contribution is 7.98. The Labute approximate surface area is 135 Å². The maximum absolute atomic E-state index is 12.6. The molecule has 2 amide bonds. The molecule has 0 radical (unpaired) electrons. The van der Waals surface area contributed by atoms with Crippen LogP contribution in [0.1, 0.15) is 12.0 Å². The molecule has 0 aliphatic carbocycles. The molecule has 0 aromatic heterocycles. The standard InChI is InChI=1S/C16H23N3O2S/c1-22-10-7-14-15(20)18-8-9-19(14)16(21)13(17)11-12-5-3-2-4-6-12/h2-6,13-14H,7-11,17H2,1H3,(H,18,20)/t13-,14?/m0/s1. The second-order valence-electron chi connectivity index (χ2n) is 5.42. The lowest BCUT2D eigenvalue weighted by Gasteiger charge is -2.36. The van der Waals surface area contributed by atoms with Crippen LogP contribution in [-0.4, -0.2) is 53.9 Å². The molecule has 1 aliphatic heterocycles. The number of nitrogens with one attached hydrogen (secondary N) is 1. The first-order valence-electron chi connectivity index (χ1n) is 7.50. The van der Waals surface area contributed by atoms with Gasteiger partial charge in [0.1, 0.15) is 6.04 Å². The molecule has 2 rings (SSSR count). The Morgan fingerprint density at radius 2 is 2.18 bits per heavy atom. The summed E-state index contributed by atoms with van der Waals surface area (Å²) in [5.41, 5.74) is 7.12. The van der Waals surface area contributed by atoms with Gasteiger partial charge in [-0.1, -0.05) is 30.3 Å². The number of benzene rings is 1. The third-order valence-corrected chi connectivity index (χ3v) is 4.47. The molecule has 0 spiro atoms. The maximum atomic E-state index is 12.6. The number of nitrogens with zero attached hydrogens (tertiary/aromatic N) is 1. The van der Waals surface area contributed by atoms with Gasteiger partial charge in [-0.15, -0.1) is 0 Å². The number of amides is 2. The highest BCUT2D eigenvalue weighted by Gasteiger charge is 2.34. The van der Waals surface area contributed by atoms with Gasteiger partial charge in [-0.3, -0.25) is 9.59 Å². The van der Waals surface area contributed by atoms with Crippen molar-refractivity contribution in [3.05, 3.63) is 35.9 Å². The topological polar surface area (TPSA) is 75.4 Å². The molecule has 1 fully saturated rings. The molecule has 5 nitrogen and oxygen atoms in total. The first-order valence-corrected chi connectivity index (χ1v) is 8.89. The van der Waals surface area contributed by atoms with E-state index in [1.807, 2.05) is 36.6 Å². The lowest BCUT2D eigenvalue weighted by molar-refractivity contribution is -0.144. The SMILES string of the molecule is CSCCC1C(=O)NCCN1C(=O)[C@@H](N)Cc1ccccc1. The number of rotatable bonds is 6. The molecule has 2 atom stereocenters. The third kappa shape index (κ3) is 4.24. The third-order valence-electron chi connectivity index (χ3n) is 3.82. The molecule has 1 heterocycles. The second kappa shape index (κ2) is 8.19. The maximum Gasteiger partial charge on any atom is 0.242 e. The van der Waals surface area contributed by atoms with Gasteiger partial charge >= 0.3 is 0 Å². The molecule has 1 saturated heterocycles. The summed E-state index contributed by atoms with van der Waals surface area (Å²) in [7, 11) is 0. The normalized spacial score (nSPS) is 19.6. The van der Waals surface area contributed by atoms with Crippen LogP contribution in [0.3, 0.4) is 0 Å². The summed E-state index contributed by atoms with van der Waals surface area (Å²) in [4.78, 5) is 26.3. The summed E-state index contributed by atoms with van der Waals surface area (Å²) in [6.45, 7) is 1.03. The number of hydrogen-bond acceptors (Lipinski definition) is 4. The minimum atomic E-state index is -0.606. The van der Waals surface area contributed by atoms with E-state index in [-0.39, 0.29) is 11.8 Å². The number of carbonyl (C=O) groups excluding carboxylic acids is 2. The van der Waals surface area contributed by atoms with Gasteiger partial charge in [0.25, 0.3) is 0 Å². The van der Waals surface area contributed by atoms with Crippen molar-refractivity contribution in [1.29, 1.82) is 0 Å². The van der Waals surface area contributed by atoms with Gasteiger partial charge in [0.15, 0.2) is 0 Å². The van der Waals surface area contributed by atoms with Crippen LogP contribution in [0.2, 0.25) is 0 Å². The molecule has 1 unspecified atom stereocenters. The minimum Gasteiger partial charge on any atom is -0.353 e. The molecular weight excluding hydrogens is 298 g/mol. The smallest absolute Gasteiger partial charge is 0.242 e. The van der Waals surface area contributed by atoms with Crippen LogP contribution in [0.15, 0.2) is 30.3 Å². The summed E-state index contributed by atoms with van der Waals surface area (Å²) < 4.78 is 0. The van der Waals surface area contributed by atoms with E-state index < -0.39 is 12.1 Å². The summed E-state index contributed by atoms with van der Waals surface area (Å²) in [6.07, 6.45) is 3.15. The van der Waals surface area contributed by atoms with Crippen molar-refractivity contribution in [3.8, 4) is 0 Å². The Kier molecular flexibility index (Phi) is 6.27. The zero-order chi connectivity index (χ0) is 15.9.